The third-order valence-electron chi connectivity index (χ3n) is 3.43. The van der Waals surface area contributed by atoms with Gasteiger partial charge in [-0.25, -0.2) is 0 Å². The maximum atomic E-state index is 5.27. The van der Waals surface area contributed by atoms with Crippen LogP contribution in [0.5, 0.6) is 5.75 Å². The standard InChI is InChI=1S/C14H21NO/c1-14(2,3)13-9-15-8-10-7-11(16-4)5-6-12(10)13/h5-7,13,15H,8-9H2,1-4H3. The quantitative estimate of drug-likeness (QED) is 0.784. The third-order valence-corrected chi connectivity index (χ3v) is 3.43. The summed E-state index contributed by atoms with van der Waals surface area (Å²) < 4.78 is 5.27. The largest absolute Gasteiger partial charge is 0.497 e. The maximum absolute atomic E-state index is 5.27. The Morgan fingerprint density at radius 3 is 2.69 bits per heavy atom. The molecule has 0 spiro atoms. The Morgan fingerprint density at radius 1 is 1.31 bits per heavy atom. The number of benzene rings is 1. The fourth-order valence-electron chi connectivity index (χ4n) is 2.44. The molecule has 0 amide bonds. The van der Waals surface area contributed by atoms with Crippen LogP contribution < -0.4 is 10.1 Å². The molecule has 1 unspecified atom stereocenters. The molecule has 0 saturated heterocycles. The van der Waals surface area contributed by atoms with E-state index in [4.69, 9.17) is 4.74 Å². The minimum absolute atomic E-state index is 0.302. The van der Waals surface area contributed by atoms with Crippen LogP contribution >= 0.6 is 0 Å². The molecule has 1 aromatic rings. The average Bonchev–Trinajstić information content (AvgIpc) is 2.26. The number of methoxy groups -OCH3 is 1. The molecular formula is C14H21NO. The number of hydrogen-bond donors (Lipinski definition) is 1. The molecule has 1 N–H and O–H groups in total. The molecule has 0 aromatic heterocycles. The van der Waals surface area contributed by atoms with E-state index in [0.29, 0.717) is 11.3 Å². The second-order valence-corrected chi connectivity index (χ2v) is 5.61. The van der Waals surface area contributed by atoms with Gasteiger partial charge in [0.1, 0.15) is 5.75 Å². The number of nitrogens with one attached hydrogen (secondary N) is 1. The molecule has 0 radical (unpaired) electrons. The Bertz CT molecular complexity index is 379. The second kappa shape index (κ2) is 4.10. The molecule has 1 aromatic carbocycles. The monoisotopic (exact) mass is 219 g/mol. The predicted molar refractivity (Wildman–Crippen MR) is 66.9 cm³/mol. The molecule has 1 atom stereocenters. The molecular weight excluding hydrogens is 198 g/mol. The van der Waals surface area contributed by atoms with Gasteiger partial charge in [-0.05, 0) is 28.7 Å². The zero-order valence-electron chi connectivity index (χ0n) is 10.6. The summed E-state index contributed by atoms with van der Waals surface area (Å²) in [6.45, 7) is 8.94. The molecule has 2 rings (SSSR count). The zero-order chi connectivity index (χ0) is 11.8. The lowest BCUT2D eigenvalue weighted by Crippen LogP contribution is -2.35. The Hall–Kier alpha value is -1.02. The summed E-state index contributed by atoms with van der Waals surface area (Å²) >= 11 is 0. The summed E-state index contributed by atoms with van der Waals surface area (Å²) in [5, 5.41) is 3.49. The number of ether oxygens (including phenoxy) is 1. The first-order valence-electron chi connectivity index (χ1n) is 5.90. The van der Waals surface area contributed by atoms with E-state index in [9.17, 15) is 0 Å². The van der Waals surface area contributed by atoms with Gasteiger partial charge in [0.25, 0.3) is 0 Å². The van der Waals surface area contributed by atoms with Gasteiger partial charge >= 0.3 is 0 Å². The van der Waals surface area contributed by atoms with Gasteiger partial charge in [-0.2, -0.15) is 0 Å². The first kappa shape index (κ1) is 11.5. The summed E-state index contributed by atoms with van der Waals surface area (Å²) in [7, 11) is 1.72. The summed E-state index contributed by atoms with van der Waals surface area (Å²) in [6, 6.07) is 6.45. The maximum Gasteiger partial charge on any atom is 0.119 e. The van der Waals surface area contributed by atoms with Crippen LogP contribution in [0.2, 0.25) is 0 Å². The lowest BCUT2D eigenvalue weighted by atomic mass is 9.73. The highest BCUT2D eigenvalue weighted by molar-refractivity contribution is 5.40. The van der Waals surface area contributed by atoms with Gasteiger partial charge in [0.15, 0.2) is 0 Å². The van der Waals surface area contributed by atoms with Gasteiger partial charge in [0.2, 0.25) is 0 Å². The van der Waals surface area contributed by atoms with Crippen molar-refractivity contribution in [1.82, 2.24) is 5.32 Å². The van der Waals surface area contributed by atoms with Crippen LogP contribution in [-0.2, 0) is 6.54 Å². The fraction of sp³-hybridized carbons (Fsp3) is 0.571. The van der Waals surface area contributed by atoms with E-state index >= 15 is 0 Å². The van der Waals surface area contributed by atoms with E-state index in [1.54, 1.807) is 7.11 Å². The van der Waals surface area contributed by atoms with Gasteiger partial charge in [-0.1, -0.05) is 26.8 Å². The minimum Gasteiger partial charge on any atom is -0.497 e. The van der Waals surface area contributed by atoms with E-state index < -0.39 is 0 Å². The van der Waals surface area contributed by atoms with Crippen LogP contribution in [0.1, 0.15) is 37.8 Å². The van der Waals surface area contributed by atoms with Crippen molar-refractivity contribution >= 4 is 0 Å². The Kier molecular flexibility index (Phi) is 2.94. The summed E-state index contributed by atoms with van der Waals surface area (Å²) in [6.07, 6.45) is 0. The highest BCUT2D eigenvalue weighted by atomic mass is 16.5. The molecule has 1 aliphatic rings. The van der Waals surface area contributed by atoms with Crippen LogP contribution in [0, 0.1) is 5.41 Å². The molecule has 2 nitrogen and oxygen atoms in total. The molecule has 88 valence electrons. The van der Waals surface area contributed by atoms with Gasteiger partial charge in [0, 0.05) is 19.0 Å². The van der Waals surface area contributed by atoms with E-state index in [0.717, 1.165) is 18.8 Å². The molecule has 16 heavy (non-hydrogen) atoms. The van der Waals surface area contributed by atoms with Crippen molar-refractivity contribution in [2.75, 3.05) is 13.7 Å². The fourth-order valence-corrected chi connectivity index (χ4v) is 2.44. The van der Waals surface area contributed by atoms with Crippen molar-refractivity contribution in [3.8, 4) is 5.75 Å². The topological polar surface area (TPSA) is 21.3 Å². The van der Waals surface area contributed by atoms with Crippen molar-refractivity contribution in [2.45, 2.75) is 33.2 Å². The molecule has 0 aliphatic carbocycles. The first-order chi connectivity index (χ1) is 7.52. The smallest absolute Gasteiger partial charge is 0.119 e. The highest BCUT2D eigenvalue weighted by Gasteiger charge is 2.30. The number of rotatable bonds is 1. The Morgan fingerprint density at radius 2 is 2.06 bits per heavy atom. The molecule has 0 bridgehead atoms. The normalized spacial score (nSPS) is 20.4. The Labute approximate surface area is 98.0 Å². The van der Waals surface area contributed by atoms with Crippen molar-refractivity contribution < 1.29 is 4.74 Å². The van der Waals surface area contributed by atoms with Gasteiger partial charge in [-0.15, -0.1) is 0 Å². The van der Waals surface area contributed by atoms with Crippen LogP contribution in [0.4, 0.5) is 0 Å². The van der Waals surface area contributed by atoms with Crippen molar-refractivity contribution in [1.29, 1.82) is 0 Å². The van der Waals surface area contributed by atoms with E-state index in [1.807, 2.05) is 0 Å². The summed E-state index contributed by atoms with van der Waals surface area (Å²) in [5.41, 5.74) is 3.16. The SMILES string of the molecule is COc1ccc2c(c1)CNCC2C(C)(C)C. The lowest BCUT2D eigenvalue weighted by Gasteiger charge is -2.36. The second-order valence-electron chi connectivity index (χ2n) is 5.61. The van der Waals surface area contributed by atoms with Gasteiger partial charge in [0.05, 0.1) is 7.11 Å². The molecule has 1 aliphatic heterocycles. The first-order valence-corrected chi connectivity index (χ1v) is 5.90. The van der Waals surface area contributed by atoms with Crippen LogP contribution in [0.15, 0.2) is 18.2 Å². The predicted octanol–water partition coefficient (Wildman–Crippen LogP) is 2.93. The van der Waals surface area contributed by atoms with Crippen LogP contribution in [-0.4, -0.2) is 13.7 Å². The number of hydrogen-bond acceptors (Lipinski definition) is 2. The van der Waals surface area contributed by atoms with Crippen LogP contribution in [0.3, 0.4) is 0 Å². The molecule has 2 heteroatoms. The Balaban J connectivity index is 2.40. The number of fused-ring (bicyclic) bond motifs is 1. The molecule has 1 heterocycles. The molecule has 0 fully saturated rings. The summed E-state index contributed by atoms with van der Waals surface area (Å²) in [4.78, 5) is 0. The summed E-state index contributed by atoms with van der Waals surface area (Å²) in [5.74, 6) is 1.54. The van der Waals surface area contributed by atoms with E-state index in [1.165, 1.54) is 11.1 Å². The van der Waals surface area contributed by atoms with Gasteiger partial charge < -0.3 is 10.1 Å². The van der Waals surface area contributed by atoms with Crippen molar-refractivity contribution in [2.24, 2.45) is 5.41 Å². The van der Waals surface area contributed by atoms with Crippen molar-refractivity contribution in [3.63, 3.8) is 0 Å². The average molecular weight is 219 g/mol. The van der Waals surface area contributed by atoms with Crippen molar-refractivity contribution in [3.05, 3.63) is 29.3 Å². The molecule has 0 saturated carbocycles. The van der Waals surface area contributed by atoms with Gasteiger partial charge in [-0.3, -0.25) is 0 Å². The van der Waals surface area contributed by atoms with E-state index in [2.05, 4.69) is 44.3 Å². The van der Waals surface area contributed by atoms with Crippen LogP contribution in [0.25, 0.3) is 0 Å². The van der Waals surface area contributed by atoms with E-state index in [-0.39, 0.29) is 0 Å². The lowest BCUT2D eigenvalue weighted by molar-refractivity contribution is 0.295. The third kappa shape index (κ3) is 2.07. The minimum atomic E-state index is 0.302. The highest BCUT2D eigenvalue weighted by Crippen LogP contribution is 2.39. The zero-order valence-corrected chi connectivity index (χ0v) is 10.6.